The van der Waals surface area contributed by atoms with Crippen molar-refractivity contribution in [3.8, 4) is 5.69 Å². The summed E-state index contributed by atoms with van der Waals surface area (Å²) in [6.07, 6.45) is 3.80. The van der Waals surface area contributed by atoms with Crippen molar-refractivity contribution in [3.63, 3.8) is 0 Å². The van der Waals surface area contributed by atoms with Gasteiger partial charge in [-0.25, -0.2) is 0 Å². The van der Waals surface area contributed by atoms with Gasteiger partial charge < -0.3 is 4.90 Å². The van der Waals surface area contributed by atoms with E-state index in [9.17, 15) is 4.79 Å². The van der Waals surface area contributed by atoms with Gasteiger partial charge in [0, 0.05) is 19.8 Å². The van der Waals surface area contributed by atoms with Crippen molar-refractivity contribution in [3.05, 3.63) is 36.2 Å². The first-order valence-corrected chi connectivity index (χ1v) is 10.9. The van der Waals surface area contributed by atoms with Gasteiger partial charge in [-0.1, -0.05) is 50.2 Å². The van der Waals surface area contributed by atoms with E-state index in [1.165, 1.54) is 31.0 Å². The molecule has 152 valence electrons. The Balaban J connectivity index is 1.93. The molecule has 1 aromatic heterocycles. The van der Waals surface area contributed by atoms with Gasteiger partial charge in [0.1, 0.15) is 0 Å². The van der Waals surface area contributed by atoms with Crippen LogP contribution in [0.5, 0.6) is 0 Å². The molecule has 3 rings (SSSR count). The number of piperidine rings is 1. The van der Waals surface area contributed by atoms with E-state index in [-0.39, 0.29) is 17.1 Å². The number of amides is 1. The summed E-state index contributed by atoms with van der Waals surface area (Å²) in [6.45, 7) is 7.17. The van der Waals surface area contributed by atoms with Gasteiger partial charge >= 0.3 is 0 Å². The van der Waals surface area contributed by atoms with E-state index in [2.05, 4.69) is 45.6 Å². The van der Waals surface area contributed by atoms with Gasteiger partial charge in [0.15, 0.2) is 11.0 Å². The van der Waals surface area contributed by atoms with Crippen LogP contribution in [0.25, 0.3) is 5.69 Å². The molecule has 0 saturated carbocycles. The molecule has 1 amide bonds. The van der Waals surface area contributed by atoms with Crippen LogP contribution in [0, 0.1) is 5.92 Å². The smallest absolute Gasteiger partial charge is 0.235 e. The monoisotopic (exact) mass is 401 g/mol. The predicted octanol–water partition coefficient (Wildman–Crippen LogP) is 3.46. The Labute approximate surface area is 172 Å². The Bertz CT molecular complexity index is 768. The molecular formula is C21H31N5OS. The van der Waals surface area contributed by atoms with Gasteiger partial charge in [0.2, 0.25) is 5.91 Å². The lowest BCUT2D eigenvalue weighted by molar-refractivity contribution is -0.128. The van der Waals surface area contributed by atoms with Gasteiger partial charge in [-0.05, 0) is 44.0 Å². The SMILES string of the molecule is CC(C)C(Sc1nnc(CN2CCCCC2)n1-c1ccccc1)C(=O)N(C)C. The average Bonchev–Trinajstić information content (AvgIpc) is 3.08. The second kappa shape index (κ2) is 9.56. The summed E-state index contributed by atoms with van der Waals surface area (Å²) in [5.41, 5.74) is 1.04. The molecule has 1 atom stereocenters. The zero-order valence-corrected chi connectivity index (χ0v) is 18.2. The maximum absolute atomic E-state index is 12.7. The minimum absolute atomic E-state index is 0.111. The van der Waals surface area contributed by atoms with Crippen LogP contribution in [0.4, 0.5) is 0 Å². The highest BCUT2D eigenvalue weighted by Crippen LogP contribution is 2.31. The third-order valence-corrected chi connectivity index (χ3v) is 6.53. The molecule has 2 heterocycles. The fourth-order valence-electron chi connectivity index (χ4n) is 3.47. The number of nitrogens with zero attached hydrogens (tertiary/aromatic N) is 5. The van der Waals surface area contributed by atoms with Gasteiger partial charge in [0.25, 0.3) is 0 Å². The summed E-state index contributed by atoms with van der Waals surface area (Å²) in [5.74, 6) is 1.25. The van der Waals surface area contributed by atoms with Crippen molar-refractivity contribution >= 4 is 17.7 Å². The van der Waals surface area contributed by atoms with Gasteiger partial charge in [-0.3, -0.25) is 14.3 Å². The fourth-order valence-corrected chi connectivity index (χ4v) is 4.69. The first kappa shape index (κ1) is 20.9. The second-order valence-corrected chi connectivity index (χ2v) is 9.03. The molecule has 2 aromatic rings. The number of carbonyl (C=O) groups excluding carboxylic acids is 1. The van der Waals surface area contributed by atoms with Crippen LogP contribution in [0.3, 0.4) is 0 Å². The lowest BCUT2D eigenvalue weighted by Gasteiger charge is -2.26. The third kappa shape index (κ3) is 4.94. The molecule has 0 spiro atoms. The molecular weight excluding hydrogens is 370 g/mol. The van der Waals surface area contributed by atoms with E-state index >= 15 is 0 Å². The van der Waals surface area contributed by atoms with E-state index in [0.29, 0.717) is 0 Å². The molecule has 1 unspecified atom stereocenters. The minimum Gasteiger partial charge on any atom is -0.348 e. The van der Waals surface area contributed by atoms with Crippen molar-refractivity contribution in [2.24, 2.45) is 5.92 Å². The largest absolute Gasteiger partial charge is 0.348 e. The molecule has 1 fully saturated rings. The zero-order valence-electron chi connectivity index (χ0n) is 17.3. The maximum Gasteiger partial charge on any atom is 0.235 e. The summed E-state index contributed by atoms with van der Waals surface area (Å²) < 4.78 is 2.12. The molecule has 0 radical (unpaired) electrons. The van der Waals surface area contributed by atoms with E-state index in [1.54, 1.807) is 4.90 Å². The molecule has 0 N–H and O–H groups in total. The van der Waals surface area contributed by atoms with Crippen LogP contribution in [-0.2, 0) is 11.3 Å². The minimum atomic E-state index is -0.190. The van der Waals surface area contributed by atoms with Gasteiger partial charge in [-0.2, -0.15) is 0 Å². The number of hydrogen-bond donors (Lipinski definition) is 0. The highest BCUT2D eigenvalue weighted by Gasteiger charge is 2.28. The number of para-hydroxylation sites is 1. The molecule has 1 aliphatic rings. The molecule has 1 aromatic carbocycles. The van der Waals surface area contributed by atoms with Gasteiger partial charge in [0.05, 0.1) is 11.8 Å². The summed E-state index contributed by atoms with van der Waals surface area (Å²) in [6, 6.07) is 10.2. The summed E-state index contributed by atoms with van der Waals surface area (Å²) in [4.78, 5) is 16.8. The van der Waals surface area contributed by atoms with Crippen molar-refractivity contribution in [1.29, 1.82) is 0 Å². The molecule has 7 heteroatoms. The maximum atomic E-state index is 12.7. The topological polar surface area (TPSA) is 54.3 Å². The Kier molecular flexibility index (Phi) is 7.13. The van der Waals surface area contributed by atoms with Crippen molar-refractivity contribution in [2.75, 3.05) is 27.2 Å². The molecule has 1 saturated heterocycles. The van der Waals surface area contributed by atoms with Crippen LogP contribution < -0.4 is 0 Å². The van der Waals surface area contributed by atoms with Crippen molar-refractivity contribution < 1.29 is 4.79 Å². The number of carbonyl (C=O) groups is 1. The average molecular weight is 402 g/mol. The number of benzene rings is 1. The quantitative estimate of drug-likeness (QED) is 0.665. The van der Waals surface area contributed by atoms with Crippen LogP contribution in [0.1, 0.15) is 38.9 Å². The van der Waals surface area contributed by atoms with Crippen molar-refractivity contribution in [1.82, 2.24) is 24.6 Å². The lowest BCUT2D eigenvalue weighted by atomic mass is 10.1. The first-order valence-electron chi connectivity index (χ1n) is 10.1. The standard InChI is InChI=1S/C21H31N5OS/c1-16(2)19(20(27)24(3)4)28-21-23-22-18(15-25-13-9-6-10-14-25)26(21)17-11-7-5-8-12-17/h5,7-8,11-12,16,19H,6,9-10,13-15H2,1-4H3. The number of rotatable bonds is 7. The van der Waals surface area contributed by atoms with Crippen LogP contribution in [0.15, 0.2) is 35.5 Å². The summed E-state index contributed by atoms with van der Waals surface area (Å²) >= 11 is 1.52. The van der Waals surface area contributed by atoms with E-state index in [4.69, 9.17) is 0 Å². The number of aromatic nitrogens is 3. The molecule has 6 nitrogen and oxygen atoms in total. The number of likely N-dealkylation sites (tertiary alicyclic amines) is 1. The Hall–Kier alpha value is -1.86. The highest BCUT2D eigenvalue weighted by atomic mass is 32.2. The summed E-state index contributed by atoms with van der Waals surface area (Å²) in [7, 11) is 3.62. The highest BCUT2D eigenvalue weighted by molar-refractivity contribution is 8.00. The second-order valence-electron chi connectivity index (χ2n) is 7.92. The zero-order chi connectivity index (χ0) is 20.1. The van der Waals surface area contributed by atoms with E-state index in [0.717, 1.165) is 36.3 Å². The Morgan fingerprint density at radius 1 is 1.11 bits per heavy atom. The predicted molar refractivity (Wildman–Crippen MR) is 114 cm³/mol. The summed E-state index contributed by atoms with van der Waals surface area (Å²) in [5, 5.41) is 9.62. The van der Waals surface area contributed by atoms with Crippen molar-refractivity contribution in [2.45, 2.75) is 50.1 Å². The molecule has 0 aliphatic carbocycles. The van der Waals surface area contributed by atoms with E-state index < -0.39 is 0 Å². The Morgan fingerprint density at radius 2 is 1.79 bits per heavy atom. The van der Waals surface area contributed by atoms with Crippen LogP contribution >= 0.6 is 11.8 Å². The van der Waals surface area contributed by atoms with E-state index in [1.807, 2.05) is 32.3 Å². The molecule has 28 heavy (non-hydrogen) atoms. The van der Waals surface area contributed by atoms with Crippen LogP contribution in [-0.4, -0.2) is 62.9 Å². The first-order chi connectivity index (χ1) is 13.5. The van der Waals surface area contributed by atoms with Crippen LogP contribution in [0.2, 0.25) is 0 Å². The lowest BCUT2D eigenvalue weighted by Crippen LogP contribution is -2.35. The Morgan fingerprint density at radius 3 is 2.39 bits per heavy atom. The van der Waals surface area contributed by atoms with Gasteiger partial charge in [-0.15, -0.1) is 10.2 Å². The normalized spacial score (nSPS) is 16.3. The molecule has 0 bridgehead atoms. The molecule has 1 aliphatic heterocycles. The fraction of sp³-hybridized carbons (Fsp3) is 0.571. The third-order valence-electron chi connectivity index (χ3n) is 5.05. The number of hydrogen-bond acceptors (Lipinski definition) is 5. The number of thioether (sulfide) groups is 1.